The standard InChI is InChI=1S/C34H35ClN6O8/c1-7-33(5)24(49-30(26(33)48-20(4)43)41-18-38-25-27(36)39-32(35)40-28(25)41)17-47-34(19(3)42,31(44)46-8-2)16-21-11-13-22(14-12-21)23-10-9-15-37-29(23)45-6/h1,9-15,18,24,26,30H,8,16-17H2,2-6H3,(H2,36,39,40)/t24-,26+,30-,33+,34?/m1/s1. The molecule has 4 heterocycles. The van der Waals surface area contributed by atoms with Crippen LogP contribution in [0.5, 0.6) is 5.88 Å². The van der Waals surface area contributed by atoms with Crippen LogP contribution in [0.4, 0.5) is 5.82 Å². The second-order valence-electron chi connectivity index (χ2n) is 11.5. The summed E-state index contributed by atoms with van der Waals surface area (Å²) in [6.45, 7) is 5.38. The van der Waals surface area contributed by atoms with Crippen LogP contribution >= 0.6 is 11.6 Å². The number of methoxy groups -OCH3 is 1. The van der Waals surface area contributed by atoms with Crippen LogP contribution in [0.15, 0.2) is 48.9 Å². The molecule has 4 aromatic rings. The van der Waals surface area contributed by atoms with Crippen LogP contribution in [0.3, 0.4) is 0 Å². The lowest BCUT2D eigenvalue weighted by molar-refractivity contribution is -0.182. The molecule has 0 aliphatic carbocycles. The minimum absolute atomic E-state index is 0.00316. The Hall–Kier alpha value is -5.10. The van der Waals surface area contributed by atoms with Gasteiger partial charge in [-0.3, -0.25) is 14.2 Å². The van der Waals surface area contributed by atoms with Crippen molar-refractivity contribution in [1.82, 2.24) is 24.5 Å². The van der Waals surface area contributed by atoms with Gasteiger partial charge in [0.1, 0.15) is 11.6 Å². The Bertz CT molecular complexity index is 1930. The Labute approximate surface area is 287 Å². The van der Waals surface area contributed by atoms with Crippen LogP contribution in [0.2, 0.25) is 5.28 Å². The Kier molecular flexibility index (Phi) is 10.2. The number of rotatable bonds is 12. The van der Waals surface area contributed by atoms with Crippen molar-refractivity contribution in [2.75, 3.05) is 26.1 Å². The average Bonchev–Trinajstić information content (AvgIpc) is 3.61. The normalized spacial score (nSPS) is 21.4. The van der Waals surface area contributed by atoms with Crippen molar-refractivity contribution < 1.29 is 38.1 Å². The molecular formula is C34H35ClN6O8. The highest BCUT2D eigenvalue weighted by atomic mass is 35.5. The third-order valence-electron chi connectivity index (χ3n) is 8.46. The molecule has 14 nitrogen and oxygen atoms in total. The average molecular weight is 691 g/mol. The number of benzene rings is 1. The van der Waals surface area contributed by atoms with Crippen LogP contribution in [0.25, 0.3) is 22.3 Å². The van der Waals surface area contributed by atoms with Crippen molar-refractivity contribution in [2.45, 2.75) is 58.2 Å². The molecule has 0 spiro atoms. The maximum absolute atomic E-state index is 13.6. The number of carbonyl (C=O) groups is 3. The van der Waals surface area contributed by atoms with E-state index in [1.807, 2.05) is 18.2 Å². The first kappa shape index (κ1) is 35.2. The summed E-state index contributed by atoms with van der Waals surface area (Å²) < 4.78 is 30.7. The second-order valence-corrected chi connectivity index (χ2v) is 11.9. The van der Waals surface area contributed by atoms with Gasteiger partial charge in [0.25, 0.3) is 0 Å². The van der Waals surface area contributed by atoms with Gasteiger partial charge in [-0.25, -0.2) is 14.8 Å². The largest absolute Gasteiger partial charge is 0.481 e. The summed E-state index contributed by atoms with van der Waals surface area (Å²) in [4.78, 5) is 56.0. The lowest BCUT2D eigenvalue weighted by Gasteiger charge is -2.33. The van der Waals surface area contributed by atoms with E-state index < -0.39 is 47.2 Å². The molecule has 1 aromatic carbocycles. The number of terminal acetylenes is 1. The number of hydrogen-bond acceptors (Lipinski definition) is 13. The number of halogens is 1. The number of Topliss-reactive ketones (excluding diaryl/α,β-unsaturated/α-hetero) is 1. The van der Waals surface area contributed by atoms with Crippen molar-refractivity contribution >= 4 is 46.3 Å². The Morgan fingerprint density at radius 3 is 2.53 bits per heavy atom. The molecule has 15 heteroatoms. The van der Waals surface area contributed by atoms with Gasteiger partial charge in [-0.2, -0.15) is 9.97 Å². The fourth-order valence-electron chi connectivity index (χ4n) is 5.80. The van der Waals surface area contributed by atoms with Crippen molar-refractivity contribution in [3.63, 3.8) is 0 Å². The predicted molar refractivity (Wildman–Crippen MR) is 177 cm³/mol. The van der Waals surface area contributed by atoms with Gasteiger partial charge in [0.2, 0.25) is 16.8 Å². The van der Waals surface area contributed by atoms with Crippen LogP contribution < -0.4 is 10.5 Å². The molecule has 0 saturated carbocycles. The van der Waals surface area contributed by atoms with Crippen LogP contribution in [0, 0.1) is 17.8 Å². The fourth-order valence-corrected chi connectivity index (χ4v) is 5.97. The number of imidazole rings is 1. The summed E-state index contributed by atoms with van der Waals surface area (Å²) in [6, 6.07) is 10.9. The van der Waals surface area contributed by atoms with E-state index in [9.17, 15) is 14.4 Å². The minimum Gasteiger partial charge on any atom is -0.481 e. The summed E-state index contributed by atoms with van der Waals surface area (Å²) in [6.07, 6.45) is 5.72. The molecular weight excluding hydrogens is 656 g/mol. The van der Waals surface area contributed by atoms with E-state index >= 15 is 0 Å². The molecule has 2 N–H and O–H groups in total. The number of esters is 2. The third kappa shape index (κ3) is 6.65. The number of fused-ring (bicyclic) bond motifs is 1. The van der Waals surface area contributed by atoms with Gasteiger partial charge in [0.05, 0.1) is 32.1 Å². The van der Waals surface area contributed by atoms with Crippen molar-refractivity contribution in [1.29, 1.82) is 0 Å². The summed E-state index contributed by atoms with van der Waals surface area (Å²) in [5, 5.41) is -0.137. The maximum Gasteiger partial charge on any atom is 0.346 e. The summed E-state index contributed by atoms with van der Waals surface area (Å²) in [7, 11) is 1.53. The number of carbonyl (C=O) groups excluding carboxylic acids is 3. The first-order valence-electron chi connectivity index (χ1n) is 15.2. The van der Waals surface area contributed by atoms with Crippen molar-refractivity contribution in [3.05, 3.63) is 59.8 Å². The fraction of sp³-hybridized carbons (Fsp3) is 0.382. The Balaban J connectivity index is 1.49. The number of ketones is 1. The number of anilines is 1. The smallest absolute Gasteiger partial charge is 0.346 e. The highest BCUT2D eigenvalue weighted by molar-refractivity contribution is 6.28. The number of ether oxygens (including phenoxy) is 5. The molecule has 1 fully saturated rings. The first-order valence-corrected chi connectivity index (χ1v) is 15.6. The molecule has 1 unspecified atom stereocenters. The number of pyridine rings is 1. The lowest BCUT2D eigenvalue weighted by atomic mass is 9.81. The van der Waals surface area contributed by atoms with Crippen LogP contribution in [0.1, 0.15) is 39.5 Å². The van der Waals surface area contributed by atoms with Gasteiger partial charge >= 0.3 is 11.9 Å². The summed E-state index contributed by atoms with van der Waals surface area (Å²) in [5.74, 6) is 1.07. The van der Waals surface area contributed by atoms with Gasteiger partial charge in [-0.05, 0) is 55.6 Å². The number of nitrogen functional groups attached to an aromatic ring is 1. The molecule has 1 aliphatic heterocycles. The van der Waals surface area contributed by atoms with Gasteiger partial charge in [0.15, 0.2) is 29.6 Å². The molecule has 1 aliphatic rings. The molecule has 1 saturated heterocycles. The van der Waals surface area contributed by atoms with Crippen LogP contribution in [-0.4, -0.2) is 80.4 Å². The monoisotopic (exact) mass is 690 g/mol. The van der Waals surface area contributed by atoms with Gasteiger partial charge in [0, 0.05) is 25.1 Å². The van der Waals surface area contributed by atoms with Gasteiger partial charge < -0.3 is 29.4 Å². The second kappa shape index (κ2) is 14.2. The highest BCUT2D eigenvalue weighted by Gasteiger charge is 2.58. The minimum atomic E-state index is -2.08. The molecule has 0 radical (unpaired) electrons. The maximum atomic E-state index is 13.6. The van der Waals surface area contributed by atoms with E-state index in [4.69, 9.17) is 47.4 Å². The molecule has 0 bridgehead atoms. The number of nitrogens with zero attached hydrogens (tertiary/aromatic N) is 5. The predicted octanol–water partition coefficient (Wildman–Crippen LogP) is 3.75. The van der Waals surface area contributed by atoms with Crippen molar-refractivity contribution in [2.24, 2.45) is 5.41 Å². The van der Waals surface area contributed by atoms with Gasteiger partial charge in [-0.1, -0.05) is 30.2 Å². The SMILES string of the molecule is C#C[C@@]1(C)[C@@H](COC(Cc2ccc(-c3cccnc3OC)cc2)(C(C)=O)C(=O)OCC)O[C@@H](n2cnc3c(N)nc(Cl)nc32)[C@@H]1OC(C)=O. The zero-order valence-electron chi connectivity index (χ0n) is 27.5. The number of nitrogens with two attached hydrogens (primary N) is 1. The molecule has 49 heavy (non-hydrogen) atoms. The zero-order valence-corrected chi connectivity index (χ0v) is 28.3. The van der Waals surface area contributed by atoms with E-state index in [0.717, 1.165) is 11.1 Å². The third-order valence-corrected chi connectivity index (χ3v) is 8.63. The number of hydrogen-bond donors (Lipinski definition) is 1. The van der Waals surface area contributed by atoms with E-state index in [-0.39, 0.29) is 41.9 Å². The Morgan fingerprint density at radius 2 is 1.90 bits per heavy atom. The zero-order chi connectivity index (χ0) is 35.5. The first-order chi connectivity index (χ1) is 23.4. The molecule has 0 amide bonds. The van der Waals surface area contributed by atoms with Gasteiger partial charge in [-0.15, -0.1) is 6.42 Å². The molecule has 5 rings (SSSR count). The molecule has 256 valence electrons. The molecule has 5 atom stereocenters. The van der Waals surface area contributed by atoms with E-state index in [0.29, 0.717) is 11.4 Å². The topological polar surface area (TPSA) is 180 Å². The molecule has 3 aromatic heterocycles. The van der Waals surface area contributed by atoms with Crippen LogP contribution in [-0.2, 0) is 39.8 Å². The summed E-state index contributed by atoms with van der Waals surface area (Å²) in [5.41, 5.74) is 5.23. The Morgan fingerprint density at radius 1 is 1.16 bits per heavy atom. The highest BCUT2D eigenvalue weighted by Crippen LogP contribution is 2.46. The van der Waals surface area contributed by atoms with E-state index in [1.54, 1.807) is 38.2 Å². The van der Waals surface area contributed by atoms with Crippen molar-refractivity contribution in [3.8, 4) is 29.4 Å². The van der Waals surface area contributed by atoms with E-state index in [1.165, 1.54) is 31.9 Å². The number of aromatic nitrogens is 5. The summed E-state index contributed by atoms with van der Waals surface area (Å²) >= 11 is 6.09. The lowest BCUT2D eigenvalue weighted by Crippen LogP contribution is -2.53. The quantitative estimate of drug-likeness (QED) is 0.0984. The van der Waals surface area contributed by atoms with E-state index in [2.05, 4.69) is 25.9 Å².